The van der Waals surface area contributed by atoms with Gasteiger partial charge in [-0.1, -0.05) is 36.4 Å². The van der Waals surface area contributed by atoms with Crippen LogP contribution in [-0.4, -0.2) is 28.6 Å². The summed E-state index contributed by atoms with van der Waals surface area (Å²) in [7, 11) is 0. The van der Waals surface area contributed by atoms with Gasteiger partial charge in [-0.2, -0.15) is 0 Å². The number of hydrogen-bond acceptors (Lipinski definition) is 5. The van der Waals surface area contributed by atoms with Crippen molar-refractivity contribution in [3.05, 3.63) is 106 Å². The van der Waals surface area contributed by atoms with E-state index in [0.29, 0.717) is 33.4 Å². The lowest BCUT2D eigenvalue weighted by Gasteiger charge is -2.14. The fraction of sp³-hybridized carbons (Fsp3) is 0.0833. The van der Waals surface area contributed by atoms with Gasteiger partial charge in [-0.3, -0.25) is 19.3 Å². The lowest BCUT2D eigenvalue weighted by Crippen LogP contribution is -2.29. The van der Waals surface area contributed by atoms with Crippen molar-refractivity contribution < 1.29 is 23.9 Å². The maximum atomic E-state index is 12.5. The van der Waals surface area contributed by atoms with Crippen LogP contribution >= 0.6 is 0 Å². The zero-order valence-electron chi connectivity index (χ0n) is 16.4. The Morgan fingerprint density at radius 2 is 1.42 bits per heavy atom. The smallest absolute Gasteiger partial charge is 0.338 e. The molecular weight excluding hydrogens is 396 g/mol. The predicted molar refractivity (Wildman–Crippen MR) is 111 cm³/mol. The summed E-state index contributed by atoms with van der Waals surface area (Å²) in [6, 6.07) is 19.7. The maximum Gasteiger partial charge on any atom is 0.338 e. The molecule has 3 amide bonds. The summed E-state index contributed by atoms with van der Waals surface area (Å²) >= 11 is 0. The van der Waals surface area contributed by atoms with Crippen molar-refractivity contribution >= 4 is 23.7 Å². The summed E-state index contributed by atoms with van der Waals surface area (Å²) < 4.78 is 5.33. The lowest BCUT2D eigenvalue weighted by atomic mass is 10.1. The van der Waals surface area contributed by atoms with E-state index >= 15 is 0 Å². The molecule has 4 rings (SSSR count). The molecule has 3 aromatic carbocycles. The number of amides is 3. The number of hydrogen-bond donors (Lipinski definition) is 1. The van der Waals surface area contributed by atoms with Gasteiger partial charge in [0, 0.05) is 5.56 Å². The summed E-state index contributed by atoms with van der Waals surface area (Å²) in [6.07, 6.45) is 0. The van der Waals surface area contributed by atoms with Crippen molar-refractivity contribution in [3.8, 4) is 0 Å². The molecule has 0 aliphatic carbocycles. The van der Waals surface area contributed by atoms with Gasteiger partial charge in [-0.05, 0) is 47.5 Å². The summed E-state index contributed by atoms with van der Waals surface area (Å²) in [6.45, 7) is 0.0859. The van der Waals surface area contributed by atoms with Crippen molar-refractivity contribution in [3.63, 3.8) is 0 Å². The molecule has 0 saturated carbocycles. The molecule has 0 aromatic heterocycles. The first kappa shape index (κ1) is 20.0. The van der Waals surface area contributed by atoms with E-state index in [0.717, 1.165) is 4.90 Å². The fourth-order valence-electron chi connectivity index (χ4n) is 3.36. The Kier molecular flexibility index (Phi) is 5.32. The number of primary amides is 1. The van der Waals surface area contributed by atoms with Crippen LogP contribution in [0.1, 0.15) is 52.6 Å². The average molecular weight is 414 g/mol. The minimum Gasteiger partial charge on any atom is -0.457 e. The number of benzene rings is 3. The molecule has 7 nitrogen and oxygen atoms in total. The van der Waals surface area contributed by atoms with E-state index in [1.165, 1.54) is 0 Å². The second kappa shape index (κ2) is 8.23. The number of fused-ring (bicyclic) bond motifs is 1. The number of nitrogens with two attached hydrogens (primary N) is 1. The van der Waals surface area contributed by atoms with Crippen molar-refractivity contribution in [1.29, 1.82) is 0 Å². The number of carbonyl (C=O) groups excluding carboxylic acids is 4. The molecule has 0 bridgehead atoms. The van der Waals surface area contributed by atoms with Gasteiger partial charge in [0.05, 0.1) is 23.2 Å². The van der Waals surface area contributed by atoms with Crippen LogP contribution in [0.2, 0.25) is 0 Å². The summed E-state index contributed by atoms with van der Waals surface area (Å²) in [5.41, 5.74) is 7.99. The number of imide groups is 1. The highest BCUT2D eigenvalue weighted by atomic mass is 16.5. The Bertz CT molecular complexity index is 1170. The first-order valence-electron chi connectivity index (χ1n) is 9.54. The first-order chi connectivity index (χ1) is 14.9. The molecule has 154 valence electrons. The minimum absolute atomic E-state index is 0.0283. The summed E-state index contributed by atoms with van der Waals surface area (Å²) in [5, 5.41) is 0. The van der Waals surface area contributed by atoms with E-state index in [4.69, 9.17) is 10.5 Å². The fourth-order valence-corrected chi connectivity index (χ4v) is 3.36. The highest BCUT2D eigenvalue weighted by Crippen LogP contribution is 2.24. The van der Waals surface area contributed by atoms with Crippen LogP contribution in [0.4, 0.5) is 0 Å². The highest BCUT2D eigenvalue weighted by molar-refractivity contribution is 6.21. The third kappa shape index (κ3) is 4.06. The number of ether oxygens (including phenoxy) is 1. The third-order valence-electron chi connectivity index (χ3n) is 4.99. The molecule has 1 aliphatic rings. The molecule has 0 radical (unpaired) electrons. The van der Waals surface area contributed by atoms with Crippen LogP contribution in [0.5, 0.6) is 0 Å². The molecule has 0 spiro atoms. The predicted octanol–water partition coefficient (Wildman–Crippen LogP) is 2.94. The quantitative estimate of drug-likeness (QED) is 0.493. The zero-order chi connectivity index (χ0) is 22.0. The molecule has 2 N–H and O–H groups in total. The Hall–Kier alpha value is -4.26. The molecule has 31 heavy (non-hydrogen) atoms. The van der Waals surface area contributed by atoms with E-state index in [9.17, 15) is 19.2 Å². The number of rotatable bonds is 6. The van der Waals surface area contributed by atoms with Gasteiger partial charge in [0.15, 0.2) is 0 Å². The molecule has 0 atom stereocenters. The standard InChI is InChI=1S/C24H18N2O5/c25-21(27)17-10-8-15(9-11-17)14-31-24(30)18-5-3-4-16(12-18)13-26-22(28)19-6-1-2-7-20(19)23(26)29/h1-12H,13-14H2,(H2,25,27). The van der Waals surface area contributed by atoms with Crippen molar-refractivity contribution in [2.45, 2.75) is 13.2 Å². The van der Waals surface area contributed by atoms with Crippen LogP contribution < -0.4 is 5.73 Å². The number of esters is 1. The number of nitrogens with zero attached hydrogens (tertiary/aromatic N) is 1. The molecule has 7 heteroatoms. The Balaban J connectivity index is 1.42. The van der Waals surface area contributed by atoms with E-state index in [1.54, 1.807) is 72.8 Å². The lowest BCUT2D eigenvalue weighted by molar-refractivity contribution is 0.0472. The van der Waals surface area contributed by atoms with Gasteiger partial charge in [0.25, 0.3) is 11.8 Å². The molecule has 1 heterocycles. The van der Waals surface area contributed by atoms with Crippen LogP contribution in [0.3, 0.4) is 0 Å². The average Bonchev–Trinajstić information content (AvgIpc) is 3.03. The topological polar surface area (TPSA) is 107 Å². The Morgan fingerprint density at radius 3 is 2.03 bits per heavy atom. The van der Waals surface area contributed by atoms with Crippen LogP contribution in [0.15, 0.2) is 72.8 Å². The van der Waals surface area contributed by atoms with Crippen LogP contribution in [-0.2, 0) is 17.9 Å². The van der Waals surface area contributed by atoms with Crippen molar-refractivity contribution in [1.82, 2.24) is 4.90 Å². The van der Waals surface area contributed by atoms with Crippen LogP contribution in [0, 0.1) is 0 Å². The van der Waals surface area contributed by atoms with Gasteiger partial charge in [0.2, 0.25) is 5.91 Å². The maximum absolute atomic E-state index is 12.5. The number of carbonyl (C=O) groups is 4. The largest absolute Gasteiger partial charge is 0.457 e. The first-order valence-corrected chi connectivity index (χ1v) is 9.54. The van der Waals surface area contributed by atoms with Gasteiger partial charge in [0.1, 0.15) is 6.61 Å². The van der Waals surface area contributed by atoms with Crippen molar-refractivity contribution in [2.75, 3.05) is 0 Å². The zero-order valence-corrected chi connectivity index (χ0v) is 16.4. The summed E-state index contributed by atoms with van der Waals surface area (Å²) in [4.78, 5) is 49.8. The van der Waals surface area contributed by atoms with Crippen LogP contribution in [0.25, 0.3) is 0 Å². The van der Waals surface area contributed by atoms with E-state index in [2.05, 4.69) is 0 Å². The monoisotopic (exact) mass is 414 g/mol. The second-order valence-corrected chi connectivity index (χ2v) is 7.08. The van der Waals surface area contributed by atoms with Crippen molar-refractivity contribution in [2.24, 2.45) is 5.73 Å². The van der Waals surface area contributed by atoms with Gasteiger partial charge in [-0.15, -0.1) is 0 Å². The molecule has 0 fully saturated rings. The third-order valence-corrected chi connectivity index (χ3v) is 4.99. The highest BCUT2D eigenvalue weighted by Gasteiger charge is 2.35. The Morgan fingerprint density at radius 1 is 0.774 bits per heavy atom. The van der Waals surface area contributed by atoms with Gasteiger partial charge in [-0.25, -0.2) is 4.79 Å². The van der Waals surface area contributed by atoms with Gasteiger partial charge >= 0.3 is 5.97 Å². The van der Waals surface area contributed by atoms with E-state index in [-0.39, 0.29) is 25.0 Å². The molecule has 0 unspecified atom stereocenters. The molecule has 0 saturated heterocycles. The second-order valence-electron chi connectivity index (χ2n) is 7.08. The Labute approximate surface area is 178 Å². The molecule has 1 aliphatic heterocycles. The molecule has 3 aromatic rings. The SMILES string of the molecule is NC(=O)c1ccc(COC(=O)c2cccc(CN3C(=O)c4ccccc4C3=O)c2)cc1. The van der Waals surface area contributed by atoms with Gasteiger partial charge < -0.3 is 10.5 Å². The minimum atomic E-state index is -0.539. The summed E-state index contributed by atoms with van der Waals surface area (Å²) in [5.74, 6) is -1.78. The normalized spacial score (nSPS) is 12.6. The van der Waals surface area contributed by atoms with E-state index in [1.807, 2.05) is 0 Å². The van der Waals surface area contributed by atoms with E-state index < -0.39 is 11.9 Å². The molecular formula is C24H18N2O5.